The molecule has 2 heterocycles. The van der Waals surface area contributed by atoms with Gasteiger partial charge in [0.15, 0.2) is 0 Å². The highest BCUT2D eigenvalue weighted by atomic mass is 16.1. The zero-order valence-corrected chi connectivity index (χ0v) is 11.5. The number of carbonyl (C=O) groups excluding carboxylic acids is 1. The maximum atomic E-state index is 11.8. The first-order valence-electron chi connectivity index (χ1n) is 6.92. The Morgan fingerprint density at radius 2 is 2.38 bits per heavy atom. The number of nitrogens with one attached hydrogen (secondary N) is 2. The number of hydrogen-bond donors (Lipinski definition) is 2. The summed E-state index contributed by atoms with van der Waals surface area (Å²) >= 11 is 0. The normalized spacial score (nSPS) is 17.0. The second-order valence-corrected chi connectivity index (χ2v) is 4.94. The maximum absolute atomic E-state index is 11.8. The second kappa shape index (κ2) is 6.25. The Hall–Kier alpha value is -2.57. The van der Waals surface area contributed by atoms with Gasteiger partial charge in [0.05, 0.1) is 12.7 Å². The first kappa shape index (κ1) is 13.4. The standard InChI is InChI=1S/C14H16N6O/c21-13(7-10-3-1-2-4-10)17-9-12-18-14(20-19-12)11-8-15-5-6-16-11/h1,3,5-6,8,10H,2,4,7,9H2,(H,17,21)(H,18,19,20)/t10-/m0/s1. The summed E-state index contributed by atoms with van der Waals surface area (Å²) in [6.07, 6.45) is 11.7. The SMILES string of the molecule is O=C(C[C@H]1C=CCC1)NCc1nc(-c2cnccn2)n[nH]1. The average Bonchev–Trinajstić information content (AvgIpc) is 3.17. The molecule has 0 bridgehead atoms. The summed E-state index contributed by atoms with van der Waals surface area (Å²) < 4.78 is 0. The van der Waals surface area contributed by atoms with Gasteiger partial charge in [0, 0.05) is 18.8 Å². The predicted octanol–water partition coefficient (Wildman–Crippen LogP) is 1.23. The fourth-order valence-electron chi connectivity index (χ4n) is 2.26. The topological polar surface area (TPSA) is 96.5 Å². The van der Waals surface area contributed by atoms with Crippen LogP contribution < -0.4 is 5.32 Å². The van der Waals surface area contributed by atoms with E-state index in [-0.39, 0.29) is 5.91 Å². The fourth-order valence-corrected chi connectivity index (χ4v) is 2.26. The molecule has 2 aromatic heterocycles. The van der Waals surface area contributed by atoms with Gasteiger partial charge >= 0.3 is 0 Å². The molecule has 1 amide bonds. The van der Waals surface area contributed by atoms with Crippen molar-refractivity contribution in [2.45, 2.75) is 25.8 Å². The van der Waals surface area contributed by atoms with Crippen molar-refractivity contribution in [3.63, 3.8) is 0 Å². The van der Waals surface area contributed by atoms with Gasteiger partial charge in [0.1, 0.15) is 11.5 Å². The van der Waals surface area contributed by atoms with Crippen LogP contribution in [0.3, 0.4) is 0 Å². The van der Waals surface area contributed by atoms with E-state index in [1.54, 1.807) is 18.6 Å². The summed E-state index contributed by atoms with van der Waals surface area (Å²) in [6, 6.07) is 0. The zero-order chi connectivity index (χ0) is 14.5. The number of H-pyrrole nitrogens is 1. The molecule has 2 aromatic rings. The molecule has 1 aliphatic carbocycles. The molecule has 0 saturated heterocycles. The van der Waals surface area contributed by atoms with E-state index in [1.165, 1.54) is 0 Å². The van der Waals surface area contributed by atoms with Crippen LogP contribution in [0.4, 0.5) is 0 Å². The number of hydrogen-bond acceptors (Lipinski definition) is 5. The Labute approximate surface area is 121 Å². The maximum Gasteiger partial charge on any atom is 0.220 e. The first-order chi connectivity index (χ1) is 10.3. The van der Waals surface area contributed by atoms with E-state index in [1.807, 2.05) is 0 Å². The van der Waals surface area contributed by atoms with Crippen molar-refractivity contribution < 1.29 is 4.79 Å². The summed E-state index contributed by atoms with van der Waals surface area (Å²) in [5.41, 5.74) is 0.599. The van der Waals surface area contributed by atoms with Crippen molar-refractivity contribution in [2.75, 3.05) is 0 Å². The van der Waals surface area contributed by atoms with Crippen LogP contribution in [0.1, 0.15) is 25.1 Å². The van der Waals surface area contributed by atoms with E-state index in [9.17, 15) is 4.79 Å². The lowest BCUT2D eigenvalue weighted by molar-refractivity contribution is -0.121. The van der Waals surface area contributed by atoms with Crippen LogP contribution in [0.15, 0.2) is 30.7 Å². The van der Waals surface area contributed by atoms with Gasteiger partial charge in [0.2, 0.25) is 11.7 Å². The van der Waals surface area contributed by atoms with Gasteiger partial charge in [-0.05, 0) is 18.8 Å². The van der Waals surface area contributed by atoms with Crippen LogP contribution in [-0.4, -0.2) is 31.1 Å². The molecule has 2 N–H and O–H groups in total. The van der Waals surface area contributed by atoms with Crippen molar-refractivity contribution in [3.05, 3.63) is 36.6 Å². The average molecular weight is 284 g/mol. The van der Waals surface area contributed by atoms with Crippen molar-refractivity contribution in [1.82, 2.24) is 30.5 Å². The molecule has 0 aromatic carbocycles. The molecule has 1 atom stereocenters. The third-order valence-electron chi connectivity index (χ3n) is 3.34. The minimum absolute atomic E-state index is 0.0315. The molecular formula is C14H16N6O. The first-order valence-corrected chi connectivity index (χ1v) is 6.92. The number of carbonyl (C=O) groups is 1. The molecule has 21 heavy (non-hydrogen) atoms. The number of allylic oxidation sites excluding steroid dienone is 2. The third kappa shape index (κ3) is 3.50. The summed E-state index contributed by atoms with van der Waals surface area (Å²) in [5.74, 6) is 1.48. The molecular weight excluding hydrogens is 268 g/mol. The van der Waals surface area contributed by atoms with Gasteiger partial charge in [0.25, 0.3) is 0 Å². The highest BCUT2D eigenvalue weighted by Gasteiger charge is 2.14. The summed E-state index contributed by atoms with van der Waals surface area (Å²) in [6.45, 7) is 0.336. The van der Waals surface area contributed by atoms with Gasteiger partial charge in [-0.1, -0.05) is 12.2 Å². The Kier molecular flexibility index (Phi) is 3.99. The largest absolute Gasteiger partial charge is 0.349 e. The Morgan fingerprint density at radius 3 is 3.14 bits per heavy atom. The Balaban J connectivity index is 1.53. The smallest absolute Gasteiger partial charge is 0.220 e. The van der Waals surface area contributed by atoms with Gasteiger partial charge in [-0.3, -0.25) is 14.9 Å². The summed E-state index contributed by atoms with van der Waals surface area (Å²) in [4.78, 5) is 24.2. The third-order valence-corrected chi connectivity index (χ3v) is 3.34. The summed E-state index contributed by atoms with van der Waals surface area (Å²) in [7, 11) is 0. The molecule has 0 aliphatic heterocycles. The zero-order valence-electron chi connectivity index (χ0n) is 11.5. The van der Waals surface area contributed by atoms with E-state index in [4.69, 9.17) is 0 Å². The van der Waals surface area contributed by atoms with Crippen molar-refractivity contribution in [2.24, 2.45) is 5.92 Å². The number of aromatic nitrogens is 5. The van der Waals surface area contributed by atoms with Gasteiger partial charge in [-0.15, -0.1) is 0 Å². The van der Waals surface area contributed by atoms with Crippen LogP contribution in [0, 0.1) is 5.92 Å². The molecule has 0 spiro atoms. The lowest BCUT2D eigenvalue weighted by Crippen LogP contribution is -2.24. The Bertz CT molecular complexity index is 636. The number of nitrogens with zero attached hydrogens (tertiary/aromatic N) is 4. The van der Waals surface area contributed by atoms with E-state index in [0.717, 1.165) is 12.8 Å². The minimum Gasteiger partial charge on any atom is -0.349 e. The molecule has 0 fully saturated rings. The molecule has 0 radical (unpaired) electrons. The number of aromatic amines is 1. The quantitative estimate of drug-likeness (QED) is 0.805. The fraction of sp³-hybridized carbons (Fsp3) is 0.357. The van der Waals surface area contributed by atoms with Gasteiger partial charge < -0.3 is 5.32 Å². The molecule has 108 valence electrons. The van der Waals surface area contributed by atoms with E-state index < -0.39 is 0 Å². The molecule has 7 heteroatoms. The summed E-state index contributed by atoms with van der Waals surface area (Å²) in [5, 5.41) is 9.71. The van der Waals surface area contributed by atoms with Crippen LogP contribution in [0.25, 0.3) is 11.5 Å². The second-order valence-electron chi connectivity index (χ2n) is 4.94. The van der Waals surface area contributed by atoms with Crippen molar-refractivity contribution in [3.8, 4) is 11.5 Å². The van der Waals surface area contributed by atoms with E-state index in [2.05, 4.69) is 42.6 Å². The van der Waals surface area contributed by atoms with Crippen molar-refractivity contribution >= 4 is 5.91 Å². The van der Waals surface area contributed by atoms with Crippen LogP contribution in [0.5, 0.6) is 0 Å². The Morgan fingerprint density at radius 1 is 1.43 bits per heavy atom. The molecule has 0 saturated carbocycles. The minimum atomic E-state index is 0.0315. The predicted molar refractivity (Wildman–Crippen MR) is 75.7 cm³/mol. The van der Waals surface area contributed by atoms with Crippen LogP contribution in [0.2, 0.25) is 0 Å². The van der Waals surface area contributed by atoms with Crippen molar-refractivity contribution in [1.29, 1.82) is 0 Å². The molecule has 0 unspecified atom stereocenters. The highest BCUT2D eigenvalue weighted by molar-refractivity contribution is 5.76. The van der Waals surface area contributed by atoms with Gasteiger partial charge in [-0.2, -0.15) is 5.10 Å². The van der Waals surface area contributed by atoms with Crippen LogP contribution in [-0.2, 0) is 11.3 Å². The molecule has 3 rings (SSSR count). The lowest BCUT2D eigenvalue weighted by atomic mass is 10.1. The lowest BCUT2D eigenvalue weighted by Gasteiger charge is -2.07. The van der Waals surface area contributed by atoms with Crippen LogP contribution >= 0.6 is 0 Å². The monoisotopic (exact) mass is 284 g/mol. The number of amides is 1. The van der Waals surface area contributed by atoms with Gasteiger partial charge in [-0.25, -0.2) is 9.97 Å². The molecule has 7 nitrogen and oxygen atoms in total. The van der Waals surface area contributed by atoms with E-state index >= 15 is 0 Å². The highest BCUT2D eigenvalue weighted by Crippen LogP contribution is 2.20. The number of rotatable bonds is 5. The molecule has 1 aliphatic rings. The van der Waals surface area contributed by atoms with E-state index in [0.29, 0.717) is 36.2 Å².